The van der Waals surface area contributed by atoms with Gasteiger partial charge in [-0.3, -0.25) is 0 Å². The summed E-state index contributed by atoms with van der Waals surface area (Å²) in [6, 6.07) is 1.60. The third-order valence-electron chi connectivity index (χ3n) is 3.65. The molecule has 5 nitrogen and oxygen atoms in total. The van der Waals surface area contributed by atoms with Crippen LogP contribution < -0.4 is 0 Å². The summed E-state index contributed by atoms with van der Waals surface area (Å²) in [5.41, 5.74) is 1.68. The molecule has 1 unspecified atom stereocenters. The van der Waals surface area contributed by atoms with Crippen LogP contribution in [0.2, 0.25) is 0 Å². The Labute approximate surface area is 106 Å². The number of sulfone groups is 1. The highest BCUT2D eigenvalue weighted by molar-refractivity contribution is 7.92. The van der Waals surface area contributed by atoms with Crippen LogP contribution in [0.5, 0.6) is 0 Å². The smallest absolute Gasteiger partial charge is 0.337 e. The van der Waals surface area contributed by atoms with Crippen LogP contribution in [-0.4, -0.2) is 35.1 Å². The second kappa shape index (κ2) is 4.42. The predicted octanol–water partition coefficient (Wildman–Crippen LogP) is 1.38. The maximum atomic E-state index is 11.8. The Bertz CT molecular complexity index is 585. The summed E-state index contributed by atoms with van der Waals surface area (Å²) >= 11 is 0. The Morgan fingerprint density at radius 1 is 1.50 bits per heavy atom. The van der Waals surface area contributed by atoms with Crippen LogP contribution in [-0.2, 0) is 16.4 Å². The van der Waals surface area contributed by atoms with Crippen molar-refractivity contribution in [1.82, 2.24) is 4.57 Å². The third-order valence-corrected chi connectivity index (χ3v) is 5.91. The minimum atomic E-state index is -3.00. The van der Waals surface area contributed by atoms with E-state index in [4.69, 9.17) is 5.11 Å². The lowest BCUT2D eigenvalue weighted by Gasteiger charge is -2.14. The quantitative estimate of drug-likeness (QED) is 0.901. The summed E-state index contributed by atoms with van der Waals surface area (Å²) in [5, 5.41) is 8.66. The van der Waals surface area contributed by atoms with E-state index in [0.29, 0.717) is 25.1 Å². The summed E-state index contributed by atoms with van der Waals surface area (Å²) in [4.78, 5) is 11.0. The van der Waals surface area contributed by atoms with Crippen molar-refractivity contribution >= 4 is 15.8 Å². The normalized spacial score (nSPS) is 22.2. The third kappa shape index (κ3) is 2.16. The number of nitrogens with zero attached hydrogens (tertiary/aromatic N) is 1. The van der Waals surface area contributed by atoms with Gasteiger partial charge in [0.1, 0.15) is 0 Å². The SMILES string of the molecule is Cc1cc(C(=O)O)c(C)n1CC1CCCS1(=O)=O. The highest BCUT2D eigenvalue weighted by Gasteiger charge is 2.32. The van der Waals surface area contributed by atoms with E-state index in [-0.39, 0.29) is 16.6 Å². The van der Waals surface area contributed by atoms with Crippen molar-refractivity contribution < 1.29 is 18.3 Å². The number of aryl methyl sites for hydroxylation is 1. The molecule has 100 valence electrons. The van der Waals surface area contributed by atoms with Gasteiger partial charge in [-0.2, -0.15) is 0 Å². The number of carboxylic acid groups (broad SMARTS) is 1. The molecule has 1 atom stereocenters. The Kier molecular flexibility index (Phi) is 3.23. The number of carbonyl (C=O) groups is 1. The highest BCUT2D eigenvalue weighted by Crippen LogP contribution is 2.24. The first-order chi connectivity index (χ1) is 8.33. The van der Waals surface area contributed by atoms with E-state index >= 15 is 0 Å². The second-order valence-corrected chi connectivity index (χ2v) is 7.23. The first kappa shape index (κ1) is 13.1. The molecule has 2 rings (SSSR count). The van der Waals surface area contributed by atoms with E-state index in [2.05, 4.69) is 0 Å². The summed E-state index contributed by atoms with van der Waals surface area (Å²) in [6.45, 7) is 3.90. The molecule has 1 aliphatic rings. The zero-order chi connectivity index (χ0) is 13.5. The number of hydrogen-bond donors (Lipinski definition) is 1. The van der Waals surface area contributed by atoms with Crippen LogP contribution in [0.1, 0.15) is 34.6 Å². The molecule has 1 fully saturated rings. The van der Waals surface area contributed by atoms with Gasteiger partial charge in [0.2, 0.25) is 0 Å². The minimum absolute atomic E-state index is 0.253. The fraction of sp³-hybridized carbons (Fsp3) is 0.583. The molecule has 0 aliphatic carbocycles. The molecule has 1 aliphatic heterocycles. The van der Waals surface area contributed by atoms with Crippen LogP contribution in [0.4, 0.5) is 0 Å². The van der Waals surface area contributed by atoms with Crippen LogP contribution in [0.15, 0.2) is 6.07 Å². The van der Waals surface area contributed by atoms with E-state index in [0.717, 1.165) is 5.69 Å². The number of hydrogen-bond acceptors (Lipinski definition) is 3. The topological polar surface area (TPSA) is 76.4 Å². The Morgan fingerprint density at radius 3 is 2.61 bits per heavy atom. The average molecular weight is 271 g/mol. The largest absolute Gasteiger partial charge is 0.478 e. The molecular weight excluding hydrogens is 254 g/mol. The van der Waals surface area contributed by atoms with E-state index < -0.39 is 15.8 Å². The van der Waals surface area contributed by atoms with Crippen LogP contribution in [0.25, 0.3) is 0 Å². The highest BCUT2D eigenvalue weighted by atomic mass is 32.2. The molecule has 0 saturated carbocycles. The van der Waals surface area contributed by atoms with Crippen molar-refractivity contribution in [2.75, 3.05) is 5.75 Å². The molecule has 2 heterocycles. The van der Waals surface area contributed by atoms with Crippen molar-refractivity contribution in [3.8, 4) is 0 Å². The van der Waals surface area contributed by atoms with Crippen molar-refractivity contribution in [2.45, 2.75) is 38.5 Å². The van der Waals surface area contributed by atoms with Crippen LogP contribution >= 0.6 is 0 Å². The monoisotopic (exact) mass is 271 g/mol. The van der Waals surface area contributed by atoms with Crippen molar-refractivity contribution in [1.29, 1.82) is 0 Å². The molecule has 0 bridgehead atoms. The molecule has 1 aromatic rings. The van der Waals surface area contributed by atoms with Gasteiger partial charge in [0, 0.05) is 17.9 Å². The number of aromatic nitrogens is 1. The number of rotatable bonds is 3. The van der Waals surface area contributed by atoms with Gasteiger partial charge in [-0.05, 0) is 32.8 Å². The molecule has 18 heavy (non-hydrogen) atoms. The maximum absolute atomic E-state index is 11.8. The van der Waals surface area contributed by atoms with Gasteiger partial charge in [0.15, 0.2) is 9.84 Å². The van der Waals surface area contributed by atoms with E-state index in [1.54, 1.807) is 24.5 Å². The summed E-state index contributed by atoms with van der Waals surface area (Å²) in [7, 11) is -3.00. The average Bonchev–Trinajstić information content (AvgIpc) is 2.73. The first-order valence-electron chi connectivity index (χ1n) is 5.94. The van der Waals surface area contributed by atoms with Crippen molar-refractivity contribution in [3.63, 3.8) is 0 Å². The predicted molar refractivity (Wildman–Crippen MR) is 67.7 cm³/mol. The lowest BCUT2D eigenvalue weighted by Crippen LogP contribution is -2.23. The van der Waals surface area contributed by atoms with Gasteiger partial charge < -0.3 is 9.67 Å². The molecular formula is C12H17NO4S. The summed E-state index contributed by atoms with van der Waals surface area (Å²) in [5.74, 6) is -0.716. The van der Waals surface area contributed by atoms with E-state index in [9.17, 15) is 13.2 Å². The van der Waals surface area contributed by atoms with Crippen LogP contribution in [0.3, 0.4) is 0 Å². The van der Waals surface area contributed by atoms with Gasteiger partial charge in [0.25, 0.3) is 0 Å². The maximum Gasteiger partial charge on any atom is 0.337 e. The lowest BCUT2D eigenvalue weighted by molar-refractivity contribution is 0.0696. The number of carboxylic acids is 1. The zero-order valence-corrected chi connectivity index (χ0v) is 11.3. The van der Waals surface area contributed by atoms with E-state index in [1.165, 1.54) is 0 Å². The Hall–Kier alpha value is -1.30. The van der Waals surface area contributed by atoms with Crippen molar-refractivity contribution in [3.05, 3.63) is 23.0 Å². The van der Waals surface area contributed by atoms with Crippen LogP contribution in [0, 0.1) is 13.8 Å². The molecule has 0 aromatic carbocycles. The molecule has 1 aromatic heterocycles. The second-order valence-electron chi connectivity index (χ2n) is 4.83. The van der Waals surface area contributed by atoms with Gasteiger partial charge in [-0.1, -0.05) is 0 Å². The van der Waals surface area contributed by atoms with Gasteiger partial charge in [0.05, 0.1) is 16.6 Å². The van der Waals surface area contributed by atoms with Crippen molar-refractivity contribution in [2.24, 2.45) is 0 Å². The fourth-order valence-electron chi connectivity index (χ4n) is 2.57. The van der Waals surface area contributed by atoms with E-state index in [1.807, 2.05) is 0 Å². The summed E-state index contributed by atoms with van der Waals surface area (Å²) < 4.78 is 25.4. The zero-order valence-electron chi connectivity index (χ0n) is 10.5. The molecule has 0 radical (unpaired) electrons. The molecule has 6 heteroatoms. The lowest BCUT2D eigenvalue weighted by atomic mass is 10.2. The molecule has 0 amide bonds. The number of aromatic carboxylic acids is 1. The summed E-state index contributed by atoms with van der Waals surface area (Å²) in [6.07, 6.45) is 1.37. The minimum Gasteiger partial charge on any atom is -0.478 e. The van der Waals surface area contributed by atoms with Gasteiger partial charge >= 0.3 is 5.97 Å². The molecule has 0 spiro atoms. The molecule has 1 N–H and O–H groups in total. The first-order valence-corrected chi connectivity index (χ1v) is 7.66. The standard InChI is InChI=1S/C12H17NO4S/c1-8-6-11(12(14)15)9(2)13(8)7-10-4-3-5-18(10,16)17/h6,10H,3-5,7H2,1-2H3,(H,14,15). The molecule has 1 saturated heterocycles. The van der Waals surface area contributed by atoms with Gasteiger partial charge in [-0.25, -0.2) is 13.2 Å². The Balaban J connectivity index is 2.33. The van der Waals surface area contributed by atoms with Gasteiger partial charge in [-0.15, -0.1) is 0 Å². The Morgan fingerprint density at radius 2 is 2.17 bits per heavy atom. The fourth-order valence-corrected chi connectivity index (χ4v) is 4.37.